The van der Waals surface area contributed by atoms with Gasteiger partial charge in [-0.2, -0.15) is 0 Å². The third kappa shape index (κ3) is 3.38. The zero-order chi connectivity index (χ0) is 11.2. The molecular weight excluding hydrogens is 200 g/mol. The molecule has 2 atom stereocenters. The summed E-state index contributed by atoms with van der Waals surface area (Å²) in [4.78, 5) is 0. The topological polar surface area (TPSA) is 18.5 Å². The van der Waals surface area contributed by atoms with Crippen LogP contribution in [0, 0.1) is 5.92 Å². The van der Waals surface area contributed by atoms with Gasteiger partial charge in [0, 0.05) is 6.42 Å². The van der Waals surface area contributed by atoms with Crippen molar-refractivity contribution in [1.29, 1.82) is 0 Å². The molecule has 0 aromatic heterocycles. The molecular formula is C14H18O2. The molecule has 0 amide bonds. The van der Waals surface area contributed by atoms with E-state index in [1.165, 1.54) is 0 Å². The van der Waals surface area contributed by atoms with E-state index in [-0.39, 0.29) is 6.29 Å². The molecule has 0 radical (unpaired) electrons. The summed E-state index contributed by atoms with van der Waals surface area (Å²) < 4.78 is 11.1. The minimum atomic E-state index is -0.0660. The fourth-order valence-electron chi connectivity index (χ4n) is 1.78. The summed E-state index contributed by atoms with van der Waals surface area (Å²) in [5, 5.41) is 0. The van der Waals surface area contributed by atoms with Gasteiger partial charge >= 0.3 is 0 Å². The van der Waals surface area contributed by atoms with E-state index in [1.54, 1.807) is 6.26 Å². The molecule has 2 heteroatoms. The van der Waals surface area contributed by atoms with Crippen LogP contribution in [0.2, 0.25) is 0 Å². The summed E-state index contributed by atoms with van der Waals surface area (Å²) in [5.41, 5.74) is 1.14. The van der Waals surface area contributed by atoms with Crippen LogP contribution in [0.3, 0.4) is 0 Å². The van der Waals surface area contributed by atoms with Gasteiger partial charge in [-0.25, -0.2) is 0 Å². The first-order chi connectivity index (χ1) is 7.84. The minimum Gasteiger partial charge on any atom is -0.473 e. The Kier molecular flexibility index (Phi) is 4.00. The standard InChI is InChI=1S/C14H18O2/c1-12-7-9-15-14(11-12)16-10-8-13-5-3-2-4-6-13/h2-6,8,10,12,14H,7,9,11H2,1H3. The van der Waals surface area contributed by atoms with Gasteiger partial charge in [0.2, 0.25) is 0 Å². The molecule has 1 fully saturated rings. The Hall–Kier alpha value is -1.28. The maximum absolute atomic E-state index is 5.55. The lowest BCUT2D eigenvalue weighted by Crippen LogP contribution is -2.25. The molecule has 2 rings (SSSR count). The number of benzene rings is 1. The van der Waals surface area contributed by atoms with Crippen LogP contribution in [0.4, 0.5) is 0 Å². The fraction of sp³-hybridized carbons (Fsp3) is 0.429. The van der Waals surface area contributed by atoms with Gasteiger partial charge < -0.3 is 9.47 Å². The second-order valence-corrected chi connectivity index (χ2v) is 4.28. The van der Waals surface area contributed by atoms with Crippen molar-refractivity contribution < 1.29 is 9.47 Å². The zero-order valence-electron chi connectivity index (χ0n) is 9.63. The van der Waals surface area contributed by atoms with Gasteiger partial charge in [-0.05, 0) is 24.0 Å². The van der Waals surface area contributed by atoms with Crippen LogP contribution in [0.5, 0.6) is 0 Å². The first-order valence-electron chi connectivity index (χ1n) is 5.83. The molecule has 0 aliphatic carbocycles. The first kappa shape index (κ1) is 11.2. The monoisotopic (exact) mass is 218 g/mol. The lowest BCUT2D eigenvalue weighted by Gasteiger charge is -2.26. The van der Waals surface area contributed by atoms with Crippen molar-refractivity contribution in [3.8, 4) is 0 Å². The van der Waals surface area contributed by atoms with Crippen LogP contribution < -0.4 is 0 Å². The Morgan fingerprint density at radius 3 is 2.88 bits per heavy atom. The van der Waals surface area contributed by atoms with E-state index in [1.807, 2.05) is 36.4 Å². The largest absolute Gasteiger partial charge is 0.473 e. The van der Waals surface area contributed by atoms with Crippen LogP contribution in [0.25, 0.3) is 6.08 Å². The van der Waals surface area contributed by atoms with E-state index in [0.29, 0.717) is 5.92 Å². The van der Waals surface area contributed by atoms with Crippen LogP contribution >= 0.6 is 0 Å². The average molecular weight is 218 g/mol. The highest BCUT2D eigenvalue weighted by Crippen LogP contribution is 2.20. The molecule has 2 unspecified atom stereocenters. The van der Waals surface area contributed by atoms with Crippen molar-refractivity contribution in [3.05, 3.63) is 42.2 Å². The van der Waals surface area contributed by atoms with Crippen molar-refractivity contribution >= 4 is 6.08 Å². The van der Waals surface area contributed by atoms with Crippen molar-refractivity contribution in [2.24, 2.45) is 5.92 Å². The van der Waals surface area contributed by atoms with Gasteiger partial charge in [-0.1, -0.05) is 37.3 Å². The van der Waals surface area contributed by atoms with E-state index in [2.05, 4.69) is 6.92 Å². The van der Waals surface area contributed by atoms with Gasteiger partial charge in [-0.15, -0.1) is 0 Å². The quantitative estimate of drug-likeness (QED) is 0.723. The van der Waals surface area contributed by atoms with Crippen LogP contribution in [0.15, 0.2) is 36.6 Å². The summed E-state index contributed by atoms with van der Waals surface area (Å²) in [6.45, 7) is 3.05. The molecule has 1 saturated heterocycles. The summed E-state index contributed by atoms with van der Waals surface area (Å²) in [6, 6.07) is 10.1. The molecule has 1 aromatic rings. The lowest BCUT2D eigenvalue weighted by atomic mass is 10.0. The number of ether oxygens (including phenoxy) is 2. The molecule has 86 valence electrons. The van der Waals surface area contributed by atoms with Gasteiger partial charge in [-0.3, -0.25) is 0 Å². The number of hydrogen-bond donors (Lipinski definition) is 0. The highest BCUT2D eigenvalue weighted by Gasteiger charge is 2.19. The maximum Gasteiger partial charge on any atom is 0.199 e. The lowest BCUT2D eigenvalue weighted by molar-refractivity contribution is -0.141. The normalized spacial score (nSPS) is 25.8. The third-order valence-corrected chi connectivity index (χ3v) is 2.80. The maximum atomic E-state index is 5.55. The van der Waals surface area contributed by atoms with Gasteiger partial charge in [0.05, 0.1) is 12.9 Å². The van der Waals surface area contributed by atoms with Gasteiger partial charge in [0.15, 0.2) is 6.29 Å². The van der Waals surface area contributed by atoms with Gasteiger partial charge in [0.1, 0.15) is 0 Å². The van der Waals surface area contributed by atoms with Crippen LogP contribution in [-0.2, 0) is 9.47 Å². The van der Waals surface area contributed by atoms with E-state index in [9.17, 15) is 0 Å². The van der Waals surface area contributed by atoms with Crippen molar-refractivity contribution in [2.45, 2.75) is 26.1 Å². The van der Waals surface area contributed by atoms with Crippen LogP contribution in [0.1, 0.15) is 25.3 Å². The molecule has 0 saturated carbocycles. The Bertz CT molecular complexity index is 332. The second-order valence-electron chi connectivity index (χ2n) is 4.28. The molecule has 0 spiro atoms. The fourth-order valence-corrected chi connectivity index (χ4v) is 1.78. The molecule has 0 bridgehead atoms. The van der Waals surface area contributed by atoms with Crippen molar-refractivity contribution in [2.75, 3.05) is 6.61 Å². The molecule has 2 nitrogen and oxygen atoms in total. The zero-order valence-corrected chi connectivity index (χ0v) is 9.63. The summed E-state index contributed by atoms with van der Waals surface area (Å²) >= 11 is 0. The van der Waals surface area contributed by atoms with E-state index in [4.69, 9.17) is 9.47 Å². The molecule has 1 aliphatic heterocycles. The summed E-state index contributed by atoms with van der Waals surface area (Å²) in [6.07, 6.45) is 5.76. The van der Waals surface area contributed by atoms with Crippen molar-refractivity contribution in [3.63, 3.8) is 0 Å². The molecule has 1 aliphatic rings. The summed E-state index contributed by atoms with van der Waals surface area (Å²) in [5.74, 6) is 0.698. The predicted octanol–water partition coefficient (Wildman–Crippen LogP) is 3.45. The Morgan fingerprint density at radius 1 is 1.31 bits per heavy atom. The van der Waals surface area contributed by atoms with Crippen LogP contribution in [-0.4, -0.2) is 12.9 Å². The second kappa shape index (κ2) is 5.71. The Morgan fingerprint density at radius 2 is 2.12 bits per heavy atom. The molecule has 1 aromatic carbocycles. The third-order valence-electron chi connectivity index (χ3n) is 2.80. The molecule has 16 heavy (non-hydrogen) atoms. The number of rotatable bonds is 3. The average Bonchev–Trinajstić information content (AvgIpc) is 2.30. The molecule has 1 heterocycles. The minimum absolute atomic E-state index is 0.0660. The van der Waals surface area contributed by atoms with E-state index >= 15 is 0 Å². The summed E-state index contributed by atoms with van der Waals surface area (Å²) in [7, 11) is 0. The highest BCUT2D eigenvalue weighted by atomic mass is 16.7. The smallest absolute Gasteiger partial charge is 0.199 e. The first-order valence-corrected chi connectivity index (χ1v) is 5.83. The van der Waals surface area contributed by atoms with Crippen molar-refractivity contribution in [1.82, 2.24) is 0 Å². The van der Waals surface area contributed by atoms with Gasteiger partial charge in [0.25, 0.3) is 0 Å². The van der Waals surface area contributed by atoms with E-state index in [0.717, 1.165) is 25.0 Å². The number of hydrogen-bond acceptors (Lipinski definition) is 2. The Balaban J connectivity index is 1.80. The highest BCUT2D eigenvalue weighted by molar-refractivity contribution is 5.47. The SMILES string of the molecule is CC1CCOC(OC=Cc2ccccc2)C1. The molecule has 0 N–H and O–H groups in total. The predicted molar refractivity (Wildman–Crippen MR) is 64.7 cm³/mol. The Labute approximate surface area is 96.9 Å². The van der Waals surface area contributed by atoms with E-state index < -0.39 is 0 Å².